The number of rotatable bonds is 2. The fraction of sp³-hybridized carbons (Fsp3) is 0.694. The summed E-state index contributed by atoms with van der Waals surface area (Å²) in [5, 5.41) is 0. The molecular formula is C36H39N3O6. The number of fused-ring (bicyclic) bond motifs is 6. The van der Waals surface area contributed by atoms with Gasteiger partial charge in [0.2, 0.25) is 0 Å². The largest absolute Gasteiger partial charge is 0.450 e. The molecule has 1 saturated carbocycles. The molecule has 8 fully saturated rings. The third-order valence-corrected chi connectivity index (χ3v) is 15.1. The Kier molecular flexibility index (Phi) is 4.42. The predicted octanol–water partition coefficient (Wildman–Crippen LogP) is 2.57. The third-order valence-electron chi connectivity index (χ3n) is 15.1. The lowest BCUT2D eigenvalue weighted by molar-refractivity contribution is -0.148. The number of nitrogens with zero attached hydrogens (tertiary/aromatic N) is 3. The maximum atomic E-state index is 13.4. The molecule has 12 aliphatic rings. The van der Waals surface area contributed by atoms with Gasteiger partial charge in [0.05, 0.1) is 18.1 Å². The second-order valence-electron chi connectivity index (χ2n) is 16.3. The minimum Gasteiger partial charge on any atom is -0.450 e. The Morgan fingerprint density at radius 1 is 0.644 bits per heavy atom. The highest BCUT2D eigenvalue weighted by Crippen LogP contribution is 2.68. The van der Waals surface area contributed by atoms with Gasteiger partial charge in [-0.05, 0) is 93.1 Å². The van der Waals surface area contributed by atoms with Gasteiger partial charge in [-0.15, -0.1) is 0 Å². The van der Waals surface area contributed by atoms with Crippen LogP contribution in [0.4, 0.5) is 0 Å². The topological polar surface area (TPSA) is 88.6 Å². The van der Waals surface area contributed by atoms with E-state index in [0.717, 1.165) is 89.4 Å². The SMILES string of the molecule is O=C1C=C2C([C@H]3C([C@H]4CC5=CC(=O)O[C@@]56C[C@@H]4N4CCC[C@@H]46)C4=CC(=O)O[C@@]45C[C@@H]3N3CCC[C@@H]35)=C[C@@H]3C[C@@]2(O1)[C@H]1CCCN31. The molecule has 9 nitrogen and oxygen atoms in total. The van der Waals surface area contributed by atoms with E-state index in [1.165, 1.54) is 16.7 Å². The van der Waals surface area contributed by atoms with Gasteiger partial charge < -0.3 is 14.2 Å². The first-order valence-corrected chi connectivity index (χ1v) is 17.7. The van der Waals surface area contributed by atoms with Gasteiger partial charge in [0.1, 0.15) is 0 Å². The molecule has 6 bridgehead atoms. The van der Waals surface area contributed by atoms with E-state index in [1.807, 2.05) is 18.2 Å². The number of esters is 3. The van der Waals surface area contributed by atoms with E-state index in [-0.39, 0.29) is 71.9 Å². The smallest absolute Gasteiger partial charge is 0.332 e. The lowest BCUT2D eigenvalue weighted by Gasteiger charge is -2.51. The van der Waals surface area contributed by atoms with Crippen molar-refractivity contribution in [3.05, 3.63) is 46.6 Å². The lowest BCUT2D eigenvalue weighted by Crippen LogP contribution is -2.54. The zero-order valence-electron chi connectivity index (χ0n) is 25.5. The first-order chi connectivity index (χ1) is 21.9. The molecule has 1 unspecified atom stereocenters. The van der Waals surface area contributed by atoms with Crippen molar-refractivity contribution in [2.24, 2.45) is 17.8 Å². The van der Waals surface area contributed by atoms with E-state index < -0.39 is 16.8 Å². The summed E-state index contributed by atoms with van der Waals surface area (Å²) < 4.78 is 19.2. The molecule has 45 heavy (non-hydrogen) atoms. The van der Waals surface area contributed by atoms with E-state index in [1.54, 1.807) is 0 Å². The zero-order chi connectivity index (χ0) is 29.6. The van der Waals surface area contributed by atoms with Crippen LogP contribution in [-0.2, 0) is 28.6 Å². The Balaban J connectivity index is 1.07. The van der Waals surface area contributed by atoms with Gasteiger partial charge in [-0.1, -0.05) is 6.08 Å². The summed E-state index contributed by atoms with van der Waals surface area (Å²) >= 11 is 0. The van der Waals surface area contributed by atoms with Crippen molar-refractivity contribution >= 4 is 17.9 Å². The van der Waals surface area contributed by atoms with Crippen LogP contribution >= 0.6 is 0 Å². The van der Waals surface area contributed by atoms with Crippen molar-refractivity contribution in [2.75, 3.05) is 19.6 Å². The van der Waals surface area contributed by atoms with Gasteiger partial charge in [0.25, 0.3) is 0 Å². The monoisotopic (exact) mass is 609 g/mol. The highest BCUT2D eigenvalue weighted by Gasteiger charge is 2.73. The Labute approximate surface area is 262 Å². The van der Waals surface area contributed by atoms with E-state index in [9.17, 15) is 14.4 Å². The third kappa shape index (κ3) is 2.71. The zero-order valence-corrected chi connectivity index (χ0v) is 25.5. The van der Waals surface area contributed by atoms with Crippen LogP contribution in [0, 0.1) is 17.8 Å². The normalized spacial score (nSPS) is 53.2. The highest BCUT2D eigenvalue weighted by molar-refractivity contribution is 5.90. The molecule has 0 radical (unpaired) electrons. The second kappa shape index (κ2) is 7.85. The van der Waals surface area contributed by atoms with Gasteiger partial charge in [-0.3, -0.25) is 14.7 Å². The van der Waals surface area contributed by atoms with Crippen molar-refractivity contribution in [1.82, 2.24) is 14.7 Å². The van der Waals surface area contributed by atoms with Crippen molar-refractivity contribution in [3.8, 4) is 0 Å². The molecule has 12 atom stereocenters. The minimum absolute atomic E-state index is 0.0759. The molecular weight excluding hydrogens is 570 g/mol. The molecule has 0 N–H and O–H groups in total. The van der Waals surface area contributed by atoms with Crippen LogP contribution in [0.1, 0.15) is 64.2 Å². The molecule has 234 valence electrons. The summed E-state index contributed by atoms with van der Waals surface area (Å²) in [5.41, 5.74) is 3.23. The van der Waals surface area contributed by atoms with E-state index in [2.05, 4.69) is 20.8 Å². The summed E-state index contributed by atoms with van der Waals surface area (Å²) in [6, 6.07) is 1.49. The Morgan fingerprint density at radius 2 is 1.27 bits per heavy atom. The summed E-state index contributed by atoms with van der Waals surface area (Å²) in [6.07, 6.45) is 18.0. The number of carbonyl (C=O) groups is 3. The highest BCUT2D eigenvalue weighted by atomic mass is 16.6. The number of hydrogen-bond donors (Lipinski definition) is 0. The fourth-order valence-electron chi connectivity index (χ4n) is 14.1. The van der Waals surface area contributed by atoms with Gasteiger partial charge in [-0.2, -0.15) is 0 Å². The van der Waals surface area contributed by atoms with Crippen LogP contribution in [-0.4, -0.2) is 105 Å². The van der Waals surface area contributed by atoms with Crippen LogP contribution in [0.15, 0.2) is 46.6 Å². The van der Waals surface area contributed by atoms with Crippen molar-refractivity contribution in [3.63, 3.8) is 0 Å². The van der Waals surface area contributed by atoms with Crippen molar-refractivity contribution < 1.29 is 28.6 Å². The summed E-state index contributed by atoms with van der Waals surface area (Å²) in [7, 11) is 0. The fourth-order valence-corrected chi connectivity index (χ4v) is 14.1. The maximum absolute atomic E-state index is 13.4. The van der Waals surface area contributed by atoms with Crippen LogP contribution in [0.3, 0.4) is 0 Å². The molecule has 10 heterocycles. The van der Waals surface area contributed by atoms with E-state index >= 15 is 0 Å². The molecule has 0 aromatic carbocycles. The average Bonchev–Trinajstić information content (AvgIpc) is 3.84. The number of hydrogen-bond acceptors (Lipinski definition) is 9. The Morgan fingerprint density at radius 3 is 2.09 bits per heavy atom. The number of ether oxygens (including phenoxy) is 3. The molecule has 0 aromatic rings. The standard InChI is InChI=1S/C36H39N3O6/c40-29-11-18-10-21(24-16-34(18,43-29)26-4-2-8-38(24)26)32-23-14-31(42)45-36(23)17-25(39-9-3-6-28(36)39)33(32)20-12-19-15-35(22(20)13-30(41)44-35)27-5-1-7-37(19)27/h11-14,19,21,24-28,32-33H,1-10,15-17H2/t19-,21+,24+,25+,26-,27-,28-,32?,33-,34+,35+,36+/m1/s1. The quantitative estimate of drug-likeness (QED) is 0.346. The lowest BCUT2D eigenvalue weighted by atomic mass is 9.54. The van der Waals surface area contributed by atoms with Crippen LogP contribution in [0.25, 0.3) is 0 Å². The molecule has 2 aliphatic carbocycles. The van der Waals surface area contributed by atoms with Gasteiger partial charge in [-0.25, -0.2) is 14.4 Å². The number of carbonyl (C=O) groups excluding carboxylic acids is 3. The van der Waals surface area contributed by atoms with E-state index in [4.69, 9.17) is 14.2 Å². The first-order valence-electron chi connectivity index (χ1n) is 17.7. The predicted molar refractivity (Wildman–Crippen MR) is 158 cm³/mol. The minimum atomic E-state index is -0.560. The molecule has 10 aliphatic heterocycles. The first kappa shape index (κ1) is 25.4. The van der Waals surface area contributed by atoms with Crippen molar-refractivity contribution in [2.45, 2.75) is 117 Å². The summed E-state index contributed by atoms with van der Waals surface area (Å²) in [4.78, 5) is 47.6. The molecule has 12 rings (SSSR count). The summed E-state index contributed by atoms with van der Waals surface area (Å²) in [6.45, 7) is 3.11. The summed E-state index contributed by atoms with van der Waals surface area (Å²) in [5.74, 6) is -0.138. The van der Waals surface area contributed by atoms with E-state index in [0.29, 0.717) is 0 Å². The van der Waals surface area contributed by atoms with Gasteiger partial charge >= 0.3 is 17.9 Å². The van der Waals surface area contributed by atoms with Gasteiger partial charge in [0.15, 0.2) is 16.8 Å². The van der Waals surface area contributed by atoms with Crippen LogP contribution in [0.2, 0.25) is 0 Å². The Hall–Kier alpha value is -2.75. The molecule has 0 amide bonds. The Bertz CT molecular complexity index is 1660. The average molecular weight is 610 g/mol. The van der Waals surface area contributed by atoms with Gasteiger partial charge in [0, 0.05) is 67.1 Å². The van der Waals surface area contributed by atoms with Crippen LogP contribution < -0.4 is 0 Å². The molecule has 3 spiro atoms. The molecule has 9 heteroatoms. The second-order valence-corrected chi connectivity index (χ2v) is 16.3. The van der Waals surface area contributed by atoms with Crippen molar-refractivity contribution in [1.29, 1.82) is 0 Å². The molecule has 0 aromatic heterocycles. The van der Waals surface area contributed by atoms with Crippen LogP contribution in [0.5, 0.6) is 0 Å². The maximum Gasteiger partial charge on any atom is 0.332 e. The molecule has 7 saturated heterocycles.